The van der Waals surface area contributed by atoms with Crippen molar-refractivity contribution in [1.82, 2.24) is 8.87 Å². The van der Waals surface area contributed by atoms with E-state index in [1.165, 1.54) is 29.6 Å². The lowest BCUT2D eigenvalue weighted by molar-refractivity contribution is -0.385. The number of nitrogens with one attached hydrogen (secondary N) is 1. The molecule has 1 fully saturated rings. The minimum absolute atomic E-state index is 0.0435. The zero-order valence-corrected chi connectivity index (χ0v) is 17.3. The lowest BCUT2D eigenvalue weighted by Gasteiger charge is -2.26. The summed E-state index contributed by atoms with van der Waals surface area (Å²) in [5.74, 6) is -0.484. The molecule has 2 heterocycles. The number of sulfonamides is 1. The number of morpholine rings is 1. The van der Waals surface area contributed by atoms with Gasteiger partial charge in [0, 0.05) is 25.2 Å². The van der Waals surface area contributed by atoms with Crippen molar-refractivity contribution in [3.8, 4) is 5.75 Å². The van der Waals surface area contributed by atoms with Crippen molar-refractivity contribution < 1.29 is 27.6 Å². The number of hydrogen-bond acceptors (Lipinski definition) is 8. The zero-order valence-electron chi connectivity index (χ0n) is 16.5. The Morgan fingerprint density at radius 1 is 1.26 bits per heavy atom. The smallest absolute Gasteiger partial charge is 0.285 e. The highest BCUT2D eigenvalue weighted by Gasteiger charge is 2.27. The number of carbonyl (C=O) groups is 1. The number of aromatic nitrogens is 1. The van der Waals surface area contributed by atoms with Gasteiger partial charge in [0.05, 0.1) is 42.0 Å². The van der Waals surface area contributed by atoms with Crippen molar-refractivity contribution in [2.45, 2.75) is 11.4 Å². The van der Waals surface area contributed by atoms with Crippen molar-refractivity contribution in [3.05, 3.63) is 57.0 Å². The van der Waals surface area contributed by atoms with Crippen LogP contribution in [0.1, 0.15) is 0 Å². The van der Waals surface area contributed by atoms with Crippen molar-refractivity contribution in [2.75, 3.05) is 38.7 Å². The second-order valence-corrected chi connectivity index (χ2v) is 8.48. The van der Waals surface area contributed by atoms with Gasteiger partial charge in [0.1, 0.15) is 12.3 Å². The maximum atomic E-state index is 12.9. The second-order valence-electron chi connectivity index (χ2n) is 6.54. The highest BCUT2D eigenvalue weighted by atomic mass is 32.2. The number of carbonyl (C=O) groups excluding carboxylic acids is 1. The number of anilines is 1. The van der Waals surface area contributed by atoms with E-state index in [9.17, 15) is 28.1 Å². The molecule has 1 N–H and O–H groups in total. The van der Waals surface area contributed by atoms with Crippen LogP contribution in [0.2, 0.25) is 0 Å². The molecule has 13 heteroatoms. The fraction of sp³-hybridized carbons (Fsp3) is 0.333. The molecule has 2 aromatic rings. The Hall–Kier alpha value is -3.29. The largest absolute Gasteiger partial charge is 0.495 e. The normalized spacial score (nSPS) is 14.7. The standard InChI is InChI=1S/C18H20N4O8S/c1-29-16-4-3-14(31(27,28)21-6-8-30-9-7-21)10-15(16)19-17(23)12-20-11-13(22(25)26)2-5-18(20)24/h2-5,10-11H,6-9,12H2,1H3,(H,19,23). The average molecular weight is 452 g/mol. The monoisotopic (exact) mass is 452 g/mol. The summed E-state index contributed by atoms with van der Waals surface area (Å²) in [7, 11) is -2.46. The molecule has 0 aliphatic carbocycles. The number of rotatable bonds is 7. The Morgan fingerprint density at radius 2 is 1.97 bits per heavy atom. The van der Waals surface area contributed by atoms with Crippen LogP contribution in [0, 0.1) is 10.1 Å². The maximum absolute atomic E-state index is 12.9. The first-order valence-corrected chi connectivity index (χ1v) is 10.6. The van der Waals surface area contributed by atoms with E-state index >= 15 is 0 Å². The van der Waals surface area contributed by atoms with Crippen LogP contribution in [-0.4, -0.2) is 61.5 Å². The van der Waals surface area contributed by atoms with Gasteiger partial charge in [0.15, 0.2) is 0 Å². The molecule has 0 saturated carbocycles. The molecular formula is C18H20N4O8S. The summed E-state index contributed by atoms with van der Waals surface area (Å²) in [4.78, 5) is 34.5. The van der Waals surface area contributed by atoms with Gasteiger partial charge in [-0.1, -0.05) is 0 Å². The first kappa shape index (κ1) is 22.4. The second kappa shape index (κ2) is 9.24. The SMILES string of the molecule is COc1ccc(S(=O)(=O)N2CCOCC2)cc1NC(=O)Cn1cc([N+](=O)[O-])ccc1=O. The Labute approximate surface area is 177 Å². The van der Waals surface area contributed by atoms with Gasteiger partial charge in [0.2, 0.25) is 15.9 Å². The number of nitro groups is 1. The van der Waals surface area contributed by atoms with Crippen LogP contribution in [0.4, 0.5) is 11.4 Å². The predicted octanol–water partition coefficient (Wildman–Crippen LogP) is 0.425. The van der Waals surface area contributed by atoms with Crippen LogP contribution in [0.25, 0.3) is 0 Å². The van der Waals surface area contributed by atoms with E-state index in [0.29, 0.717) is 0 Å². The van der Waals surface area contributed by atoms with Gasteiger partial charge in [-0.15, -0.1) is 0 Å². The lowest BCUT2D eigenvalue weighted by atomic mass is 10.3. The fourth-order valence-electron chi connectivity index (χ4n) is 2.98. The van der Waals surface area contributed by atoms with Gasteiger partial charge in [0.25, 0.3) is 11.2 Å². The predicted molar refractivity (Wildman–Crippen MR) is 109 cm³/mol. The third-order valence-corrected chi connectivity index (χ3v) is 6.44. The van der Waals surface area contributed by atoms with E-state index < -0.39 is 33.0 Å². The van der Waals surface area contributed by atoms with Crippen LogP contribution in [0.15, 0.2) is 46.2 Å². The van der Waals surface area contributed by atoms with Gasteiger partial charge in [-0.05, 0) is 18.2 Å². The van der Waals surface area contributed by atoms with Crippen LogP contribution in [0.3, 0.4) is 0 Å². The summed E-state index contributed by atoms with van der Waals surface area (Å²) in [5.41, 5.74) is -0.861. The molecule has 1 amide bonds. The molecule has 1 aromatic heterocycles. The molecule has 31 heavy (non-hydrogen) atoms. The van der Waals surface area contributed by atoms with Gasteiger partial charge < -0.3 is 14.8 Å². The Bertz CT molecular complexity index is 1160. The van der Waals surface area contributed by atoms with Crippen LogP contribution < -0.4 is 15.6 Å². The number of amides is 1. The minimum Gasteiger partial charge on any atom is -0.495 e. The van der Waals surface area contributed by atoms with E-state index in [-0.39, 0.29) is 48.3 Å². The Morgan fingerprint density at radius 3 is 2.61 bits per heavy atom. The third kappa shape index (κ3) is 5.07. The van der Waals surface area contributed by atoms with E-state index in [0.717, 1.165) is 22.9 Å². The molecule has 0 unspecified atom stereocenters. The number of ether oxygens (including phenoxy) is 2. The third-order valence-electron chi connectivity index (χ3n) is 4.55. The fourth-order valence-corrected chi connectivity index (χ4v) is 4.41. The number of benzene rings is 1. The maximum Gasteiger partial charge on any atom is 0.285 e. The molecule has 3 rings (SSSR count). The summed E-state index contributed by atoms with van der Waals surface area (Å²) in [6.07, 6.45) is 0.957. The summed E-state index contributed by atoms with van der Waals surface area (Å²) in [6, 6.07) is 6.06. The van der Waals surface area contributed by atoms with Crippen molar-refractivity contribution in [3.63, 3.8) is 0 Å². The molecule has 1 aromatic carbocycles. The van der Waals surface area contributed by atoms with Gasteiger partial charge in [-0.3, -0.25) is 24.3 Å². The van der Waals surface area contributed by atoms with Crippen molar-refractivity contribution >= 4 is 27.3 Å². The van der Waals surface area contributed by atoms with Gasteiger partial charge in [-0.2, -0.15) is 4.31 Å². The van der Waals surface area contributed by atoms with Gasteiger partial charge >= 0.3 is 0 Å². The molecule has 1 aliphatic rings. The number of hydrogen-bond donors (Lipinski definition) is 1. The molecule has 12 nitrogen and oxygen atoms in total. The highest BCUT2D eigenvalue weighted by molar-refractivity contribution is 7.89. The summed E-state index contributed by atoms with van der Waals surface area (Å²) < 4.78 is 38.3. The molecule has 0 spiro atoms. The number of pyridine rings is 1. The highest BCUT2D eigenvalue weighted by Crippen LogP contribution is 2.29. The van der Waals surface area contributed by atoms with Gasteiger partial charge in [-0.25, -0.2) is 8.42 Å². The average Bonchev–Trinajstić information content (AvgIpc) is 2.75. The zero-order chi connectivity index (χ0) is 22.6. The van der Waals surface area contributed by atoms with Crippen LogP contribution in [0.5, 0.6) is 5.75 Å². The summed E-state index contributed by atoms with van der Waals surface area (Å²) in [6.45, 7) is 0.496. The van der Waals surface area contributed by atoms with E-state index in [2.05, 4.69) is 5.32 Å². The number of methoxy groups -OCH3 is 1. The first-order chi connectivity index (χ1) is 14.7. The molecule has 1 aliphatic heterocycles. The summed E-state index contributed by atoms with van der Waals surface area (Å²) in [5, 5.41) is 13.4. The van der Waals surface area contributed by atoms with Crippen molar-refractivity contribution in [2.24, 2.45) is 0 Å². The van der Waals surface area contributed by atoms with E-state index in [1.807, 2.05) is 0 Å². The molecule has 0 atom stereocenters. The number of nitrogens with zero attached hydrogens (tertiary/aromatic N) is 3. The Kier molecular flexibility index (Phi) is 6.68. The lowest BCUT2D eigenvalue weighted by Crippen LogP contribution is -2.40. The molecule has 0 radical (unpaired) electrons. The molecular weight excluding hydrogens is 432 g/mol. The van der Waals surface area contributed by atoms with Crippen molar-refractivity contribution in [1.29, 1.82) is 0 Å². The van der Waals surface area contributed by atoms with Crippen LogP contribution >= 0.6 is 0 Å². The first-order valence-electron chi connectivity index (χ1n) is 9.13. The van der Waals surface area contributed by atoms with E-state index in [1.54, 1.807) is 0 Å². The van der Waals surface area contributed by atoms with E-state index in [4.69, 9.17) is 9.47 Å². The molecule has 0 bridgehead atoms. The minimum atomic E-state index is -3.81. The quantitative estimate of drug-likeness (QED) is 0.469. The molecule has 166 valence electrons. The topological polar surface area (TPSA) is 150 Å². The summed E-state index contributed by atoms with van der Waals surface area (Å²) >= 11 is 0. The molecule has 1 saturated heterocycles. The van der Waals surface area contributed by atoms with Crippen LogP contribution in [-0.2, 0) is 26.1 Å². The Balaban J connectivity index is 1.84.